The van der Waals surface area contributed by atoms with Gasteiger partial charge < -0.3 is 10.2 Å². The molecule has 0 saturated carbocycles. The van der Waals surface area contributed by atoms with Crippen molar-refractivity contribution in [2.24, 2.45) is 0 Å². The minimum Gasteiger partial charge on any atom is -0.369 e. The number of nitrogens with zero attached hydrogens (tertiary/aromatic N) is 4. The summed E-state index contributed by atoms with van der Waals surface area (Å²) in [6.45, 7) is 4.38. The van der Waals surface area contributed by atoms with Crippen LogP contribution in [0.5, 0.6) is 0 Å². The number of nitrogens with one attached hydrogen (secondary N) is 1. The van der Waals surface area contributed by atoms with Gasteiger partial charge in [0.05, 0.1) is 16.3 Å². The lowest BCUT2D eigenvalue weighted by Crippen LogP contribution is -2.31. The Balaban J connectivity index is 1.55. The van der Waals surface area contributed by atoms with Gasteiger partial charge in [0, 0.05) is 37.2 Å². The first-order valence-corrected chi connectivity index (χ1v) is 9.04. The summed E-state index contributed by atoms with van der Waals surface area (Å²) in [6.07, 6.45) is 5.92. The largest absolute Gasteiger partial charge is 0.369 e. The number of likely N-dealkylation sites (tertiary alicyclic amines) is 1. The fraction of sp³-hybridized carbons (Fsp3) is 0.500. The molecule has 25 heavy (non-hydrogen) atoms. The molecule has 2 aliphatic rings. The Morgan fingerprint density at radius 2 is 1.92 bits per heavy atom. The van der Waals surface area contributed by atoms with Gasteiger partial charge in [0.25, 0.3) is 5.69 Å². The average Bonchev–Trinajstić information content (AvgIpc) is 3.24. The van der Waals surface area contributed by atoms with E-state index < -0.39 is 0 Å². The van der Waals surface area contributed by atoms with Gasteiger partial charge in [-0.05, 0) is 44.5 Å². The summed E-state index contributed by atoms with van der Waals surface area (Å²) in [4.78, 5) is 13.0. The molecular formula is C18H23N5O2. The number of nitro groups is 1. The fourth-order valence-corrected chi connectivity index (χ4v) is 3.80. The van der Waals surface area contributed by atoms with Crippen LogP contribution in [0.1, 0.15) is 30.5 Å². The van der Waals surface area contributed by atoms with E-state index in [4.69, 9.17) is 5.10 Å². The second kappa shape index (κ2) is 6.84. The molecule has 2 aromatic rings. The van der Waals surface area contributed by atoms with Gasteiger partial charge in [0.15, 0.2) is 0 Å². The number of non-ortho nitro benzene ring substituents is 1. The zero-order valence-corrected chi connectivity index (χ0v) is 14.3. The highest BCUT2D eigenvalue weighted by molar-refractivity contribution is 5.57. The van der Waals surface area contributed by atoms with Gasteiger partial charge in [-0.3, -0.25) is 10.1 Å². The van der Waals surface area contributed by atoms with Crippen LogP contribution in [0.2, 0.25) is 0 Å². The van der Waals surface area contributed by atoms with Gasteiger partial charge in [-0.2, -0.15) is 5.10 Å². The van der Waals surface area contributed by atoms with Crippen LogP contribution in [-0.4, -0.2) is 45.8 Å². The molecule has 7 heteroatoms. The van der Waals surface area contributed by atoms with Gasteiger partial charge in [0.1, 0.15) is 5.82 Å². The molecule has 1 N–H and O–H groups in total. The topological polar surface area (TPSA) is 76.2 Å². The standard InChI is InChI=1S/C18H23N5O2/c24-23(25)15-6-4-14(5-7-15)22-18-16(8-10-19-18)17(20-22)9-13-21-11-2-1-3-12-21/h4-7,19H,1-3,8-13H2. The zero-order valence-electron chi connectivity index (χ0n) is 14.3. The second-order valence-electron chi connectivity index (χ2n) is 6.79. The number of aromatic nitrogens is 2. The van der Waals surface area contributed by atoms with Crippen molar-refractivity contribution in [3.8, 4) is 5.69 Å². The minimum absolute atomic E-state index is 0.103. The Bertz CT molecular complexity index is 763. The number of fused-ring (bicyclic) bond motifs is 1. The van der Waals surface area contributed by atoms with Crippen molar-refractivity contribution in [1.29, 1.82) is 0 Å². The van der Waals surface area contributed by atoms with Crippen LogP contribution in [0.15, 0.2) is 24.3 Å². The normalized spacial score (nSPS) is 17.3. The monoisotopic (exact) mass is 341 g/mol. The summed E-state index contributed by atoms with van der Waals surface area (Å²) in [5.41, 5.74) is 3.42. The van der Waals surface area contributed by atoms with E-state index in [0.717, 1.165) is 43.1 Å². The quantitative estimate of drug-likeness (QED) is 0.668. The van der Waals surface area contributed by atoms with Crippen molar-refractivity contribution in [3.63, 3.8) is 0 Å². The smallest absolute Gasteiger partial charge is 0.269 e. The molecule has 1 fully saturated rings. The molecular weight excluding hydrogens is 318 g/mol. The van der Waals surface area contributed by atoms with Crippen LogP contribution in [0, 0.1) is 10.1 Å². The zero-order chi connectivity index (χ0) is 17.2. The van der Waals surface area contributed by atoms with Crippen molar-refractivity contribution in [2.45, 2.75) is 32.1 Å². The van der Waals surface area contributed by atoms with Crippen LogP contribution < -0.4 is 5.32 Å². The van der Waals surface area contributed by atoms with Crippen LogP contribution in [0.3, 0.4) is 0 Å². The highest BCUT2D eigenvalue weighted by Crippen LogP contribution is 2.29. The van der Waals surface area contributed by atoms with Crippen molar-refractivity contribution in [3.05, 3.63) is 45.6 Å². The molecule has 2 aliphatic heterocycles. The summed E-state index contributed by atoms with van der Waals surface area (Å²) >= 11 is 0. The number of benzene rings is 1. The Morgan fingerprint density at radius 3 is 2.64 bits per heavy atom. The molecule has 0 atom stereocenters. The number of rotatable bonds is 5. The highest BCUT2D eigenvalue weighted by atomic mass is 16.6. The molecule has 0 amide bonds. The average molecular weight is 341 g/mol. The number of anilines is 1. The molecule has 3 heterocycles. The third kappa shape index (κ3) is 3.24. The number of hydrogen-bond donors (Lipinski definition) is 1. The Hall–Kier alpha value is -2.41. The molecule has 0 radical (unpaired) electrons. The summed E-state index contributed by atoms with van der Waals surface area (Å²) < 4.78 is 1.90. The van der Waals surface area contributed by atoms with E-state index in [2.05, 4.69) is 10.2 Å². The molecule has 1 aromatic heterocycles. The number of nitro benzene ring substituents is 1. The predicted molar refractivity (Wildman–Crippen MR) is 96.4 cm³/mol. The van der Waals surface area contributed by atoms with E-state index in [9.17, 15) is 10.1 Å². The van der Waals surface area contributed by atoms with Crippen LogP contribution in [0.4, 0.5) is 11.5 Å². The van der Waals surface area contributed by atoms with Crippen LogP contribution in [-0.2, 0) is 12.8 Å². The molecule has 0 aliphatic carbocycles. The molecule has 0 spiro atoms. The van der Waals surface area contributed by atoms with E-state index in [0.29, 0.717) is 0 Å². The lowest BCUT2D eigenvalue weighted by molar-refractivity contribution is -0.384. The van der Waals surface area contributed by atoms with E-state index in [-0.39, 0.29) is 10.6 Å². The summed E-state index contributed by atoms with van der Waals surface area (Å²) in [5, 5.41) is 19.1. The lowest BCUT2D eigenvalue weighted by Gasteiger charge is -2.26. The van der Waals surface area contributed by atoms with E-state index >= 15 is 0 Å². The maximum absolute atomic E-state index is 10.8. The Morgan fingerprint density at radius 1 is 1.16 bits per heavy atom. The molecule has 1 aromatic carbocycles. The van der Waals surface area contributed by atoms with Crippen LogP contribution in [0.25, 0.3) is 5.69 Å². The van der Waals surface area contributed by atoms with Gasteiger partial charge >= 0.3 is 0 Å². The number of piperidine rings is 1. The van der Waals surface area contributed by atoms with Crippen molar-refractivity contribution >= 4 is 11.5 Å². The molecule has 0 bridgehead atoms. The molecule has 0 unspecified atom stereocenters. The maximum Gasteiger partial charge on any atom is 0.269 e. The first kappa shape index (κ1) is 16.1. The Kier molecular flexibility index (Phi) is 4.40. The van der Waals surface area contributed by atoms with E-state index in [1.807, 2.05) is 4.68 Å². The number of hydrogen-bond acceptors (Lipinski definition) is 5. The lowest BCUT2D eigenvalue weighted by atomic mass is 10.1. The highest BCUT2D eigenvalue weighted by Gasteiger charge is 2.23. The predicted octanol–water partition coefficient (Wildman–Crippen LogP) is 2.78. The fourth-order valence-electron chi connectivity index (χ4n) is 3.80. The minimum atomic E-state index is -0.375. The van der Waals surface area contributed by atoms with E-state index in [1.165, 1.54) is 50.0 Å². The first-order valence-electron chi connectivity index (χ1n) is 9.04. The third-order valence-electron chi connectivity index (χ3n) is 5.15. The van der Waals surface area contributed by atoms with Crippen molar-refractivity contribution in [2.75, 3.05) is 31.5 Å². The van der Waals surface area contributed by atoms with Crippen molar-refractivity contribution in [1.82, 2.24) is 14.7 Å². The molecule has 4 rings (SSSR count). The molecule has 7 nitrogen and oxygen atoms in total. The SMILES string of the molecule is O=[N+]([O-])c1ccc(-n2nc(CCN3CCCCC3)c3c2NCC3)cc1. The van der Waals surface area contributed by atoms with Gasteiger partial charge in [-0.1, -0.05) is 6.42 Å². The van der Waals surface area contributed by atoms with Gasteiger partial charge in [0.2, 0.25) is 0 Å². The van der Waals surface area contributed by atoms with Gasteiger partial charge in [-0.25, -0.2) is 4.68 Å². The van der Waals surface area contributed by atoms with Crippen LogP contribution >= 0.6 is 0 Å². The molecule has 1 saturated heterocycles. The second-order valence-corrected chi connectivity index (χ2v) is 6.79. The Labute approximate surface area is 146 Å². The molecule has 132 valence electrons. The van der Waals surface area contributed by atoms with Gasteiger partial charge in [-0.15, -0.1) is 0 Å². The van der Waals surface area contributed by atoms with Crippen molar-refractivity contribution < 1.29 is 4.92 Å². The first-order chi connectivity index (χ1) is 12.2. The maximum atomic E-state index is 10.8. The summed E-state index contributed by atoms with van der Waals surface area (Å²) in [7, 11) is 0. The van der Waals surface area contributed by atoms with E-state index in [1.54, 1.807) is 12.1 Å². The summed E-state index contributed by atoms with van der Waals surface area (Å²) in [6, 6.07) is 6.59. The third-order valence-corrected chi connectivity index (χ3v) is 5.15. The summed E-state index contributed by atoms with van der Waals surface area (Å²) in [5.74, 6) is 1.04.